The SMILES string of the molecule is CCNC(=NCC(C)(C)NS(C)(=O)=O)N1CCC(OCC2CCCCO2)CC1.I. The Morgan fingerprint density at radius 1 is 1.24 bits per heavy atom. The Hall–Kier alpha value is -0.170. The van der Waals surface area contributed by atoms with Gasteiger partial charge in [0, 0.05) is 31.8 Å². The molecule has 2 heterocycles. The van der Waals surface area contributed by atoms with Crippen LogP contribution in [0.15, 0.2) is 4.99 Å². The van der Waals surface area contributed by atoms with E-state index in [1.165, 1.54) is 12.7 Å². The van der Waals surface area contributed by atoms with Crippen LogP contribution in [-0.2, 0) is 19.5 Å². The lowest BCUT2D eigenvalue weighted by Crippen LogP contribution is -2.49. The molecule has 0 amide bonds. The topological polar surface area (TPSA) is 92.3 Å². The number of halogens is 1. The number of aliphatic imine (C=N–C) groups is 1. The highest BCUT2D eigenvalue weighted by atomic mass is 127. The number of nitrogens with one attached hydrogen (secondary N) is 2. The fourth-order valence-corrected chi connectivity index (χ4v) is 4.72. The third-order valence-electron chi connectivity index (χ3n) is 4.95. The van der Waals surface area contributed by atoms with Crippen LogP contribution in [0.5, 0.6) is 0 Å². The van der Waals surface area contributed by atoms with Gasteiger partial charge in [0.1, 0.15) is 0 Å². The van der Waals surface area contributed by atoms with Crippen molar-refractivity contribution in [3.8, 4) is 0 Å². The van der Waals surface area contributed by atoms with Crippen LogP contribution in [0.25, 0.3) is 0 Å². The standard InChI is InChI=1S/C19H38N4O4S.HI/c1-5-20-18(21-15-19(2,3)22-28(4,24)25)23-11-9-16(10-12-23)27-14-17-8-6-7-13-26-17;/h16-17,22H,5-15H2,1-4H3,(H,20,21);1H. The van der Waals surface area contributed by atoms with E-state index in [1.807, 2.05) is 20.8 Å². The first-order valence-corrected chi connectivity index (χ1v) is 12.3. The summed E-state index contributed by atoms with van der Waals surface area (Å²) >= 11 is 0. The first-order valence-electron chi connectivity index (χ1n) is 10.4. The first kappa shape index (κ1) is 26.9. The molecule has 2 saturated heterocycles. The smallest absolute Gasteiger partial charge is 0.209 e. The summed E-state index contributed by atoms with van der Waals surface area (Å²) in [6.07, 6.45) is 7.13. The van der Waals surface area contributed by atoms with Gasteiger partial charge in [-0.05, 0) is 52.9 Å². The van der Waals surface area contributed by atoms with Crippen LogP contribution < -0.4 is 10.0 Å². The van der Waals surface area contributed by atoms with Crippen molar-refractivity contribution < 1.29 is 17.9 Å². The number of hydrogen-bond donors (Lipinski definition) is 2. The van der Waals surface area contributed by atoms with Gasteiger partial charge in [0.05, 0.1) is 31.6 Å². The van der Waals surface area contributed by atoms with Gasteiger partial charge >= 0.3 is 0 Å². The molecule has 0 bridgehead atoms. The molecule has 2 aliphatic heterocycles. The molecular formula is C19H39IN4O4S. The third-order valence-corrected chi connectivity index (χ3v) is 5.88. The molecule has 1 unspecified atom stereocenters. The fraction of sp³-hybridized carbons (Fsp3) is 0.947. The predicted molar refractivity (Wildman–Crippen MR) is 128 cm³/mol. The minimum absolute atomic E-state index is 0. The quantitative estimate of drug-likeness (QED) is 0.275. The van der Waals surface area contributed by atoms with E-state index < -0.39 is 15.6 Å². The summed E-state index contributed by atoms with van der Waals surface area (Å²) in [5, 5.41) is 3.32. The second-order valence-corrected chi connectivity index (χ2v) is 10.2. The number of guanidine groups is 1. The van der Waals surface area contributed by atoms with E-state index in [0.29, 0.717) is 13.2 Å². The van der Waals surface area contributed by atoms with Gasteiger partial charge in [-0.25, -0.2) is 13.1 Å². The molecule has 0 aromatic rings. The fourth-order valence-electron chi connectivity index (χ4n) is 3.65. The van der Waals surface area contributed by atoms with Gasteiger partial charge in [0.2, 0.25) is 10.0 Å². The molecule has 1 atom stereocenters. The molecule has 8 nitrogen and oxygen atoms in total. The number of piperidine rings is 1. The number of ether oxygens (including phenoxy) is 2. The van der Waals surface area contributed by atoms with Crippen molar-refractivity contribution in [2.75, 3.05) is 45.6 Å². The van der Waals surface area contributed by atoms with E-state index in [2.05, 4.69) is 19.9 Å². The molecular weight excluding hydrogens is 507 g/mol. The second kappa shape index (κ2) is 12.6. The summed E-state index contributed by atoms with van der Waals surface area (Å²) in [5.41, 5.74) is -0.629. The molecule has 0 aliphatic carbocycles. The van der Waals surface area contributed by atoms with Crippen molar-refractivity contribution in [1.82, 2.24) is 14.9 Å². The van der Waals surface area contributed by atoms with Crippen molar-refractivity contribution >= 4 is 40.0 Å². The normalized spacial score (nSPS) is 22.3. The van der Waals surface area contributed by atoms with Crippen molar-refractivity contribution in [3.63, 3.8) is 0 Å². The molecule has 0 aromatic heterocycles. The highest BCUT2D eigenvalue weighted by Crippen LogP contribution is 2.18. The summed E-state index contributed by atoms with van der Waals surface area (Å²) in [6, 6.07) is 0. The Balaban J connectivity index is 0.00000420. The molecule has 2 fully saturated rings. The highest BCUT2D eigenvalue weighted by Gasteiger charge is 2.26. The number of likely N-dealkylation sites (tertiary alicyclic amines) is 1. The Morgan fingerprint density at radius 2 is 1.93 bits per heavy atom. The Morgan fingerprint density at radius 3 is 2.48 bits per heavy atom. The lowest BCUT2D eigenvalue weighted by Gasteiger charge is -2.35. The molecule has 0 spiro atoms. The second-order valence-electron chi connectivity index (χ2n) is 8.44. The van der Waals surface area contributed by atoms with Crippen LogP contribution in [0.2, 0.25) is 0 Å². The lowest BCUT2D eigenvalue weighted by molar-refractivity contribution is -0.0721. The van der Waals surface area contributed by atoms with Gasteiger partial charge in [-0.15, -0.1) is 24.0 Å². The number of sulfonamides is 1. The summed E-state index contributed by atoms with van der Waals surface area (Å²) in [5.74, 6) is 0.833. The van der Waals surface area contributed by atoms with Gasteiger partial charge in [-0.2, -0.15) is 0 Å². The Bertz CT molecular complexity index is 601. The zero-order valence-electron chi connectivity index (χ0n) is 18.3. The zero-order valence-corrected chi connectivity index (χ0v) is 21.4. The lowest BCUT2D eigenvalue weighted by atomic mass is 10.1. The molecule has 2 N–H and O–H groups in total. The van der Waals surface area contributed by atoms with Crippen LogP contribution in [0.3, 0.4) is 0 Å². The predicted octanol–water partition coefficient (Wildman–Crippen LogP) is 1.95. The Kier molecular flexibility index (Phi) is 11.7. The van der Waals surface area contributed by atoms with E-state index in [4.69, 9.17) is 9.47 Å². The molecule has 2 rings (SSSR count). The van der Waals surface area contributed by atoms with Gasteiger partial charge in [-0.3, -0.25) is 4.99 Å². The van der Waals surface area contributed by atoms with Gasteiger partial charge in [0.25, 0.3) is 0 Å². The molecule has 0 aromatic carbocycles. The molecule has 172 valence electrons. The van der Waals surface area contributed by atoms with Crippen LogP contribution in [-0.4, -0.2) is 82.7 Å². The molecule has 10 heteroatoms. The van der Waals surface area contributed by atoms with Crippen LogP contribution in [0, 0.1) is 0 Å². The maximum atomic E-state index is 11.5. The summed E-state index contributed by atoms with van der Waals surface area (Å²) in [7, 11) is -3.27. The minimum atomic E-state index is -3.27. The first-order chi connectivity index (χ1) is 13.2. The monoisotopic (exact) mass is 546 g/mol. The third kappa shape index (κ3) is 10.6. The van der Waals surface area contributed by atoms with E-state index in [9.17, 15) is 8.42 Å². The van der Waals surface area contributed by atoms with Crippen molar-refractivity contribution in [3.05, 3.63) is 0 Å². The van der Waals surface area contributed by atoms with Crippen LogP contribution >= 0.6 is 24.0 Å². The van der Waals surface area contributed by atoms with E-state index in [1.54, 1.807) is 0 Å². The molecule has 0 radical (unpaired) electrons. The van der Waals surface area contributed by atoms with Crippen LogP contribution in [0.1, 0.15) is 52.9 Å². The van der Waals surface area contributed by atoms with Crippen molar-refractivity contribution in [1.29, 1.82) is 0 Å². The molecule has 0 saturated carbocycles. The number of nitrogens with zero attached hydrogens (tertiary/aromatic N) is 2. The van der Waals surface area contributed by atoms with Crippen molar-refractivity contribution in [2.45, 2.75) is 70.6 Å². The van der Waals surface area contributed by atoms with Gasteiger partial charge < -0.3 is 19.7 Å². The summed E-state index contributed by atoms with van der Waals surface area (Å²) in [6.45, 7) is 10.2. The maximum Gasteiger partial charge on any atom is 0.209 e. The molecule has 29 heavy (non-hydrogen) atoms. The number of hydrogen-bond acceptors (Lipinski definition) is 5. The van der Waals surface area contributed by atoms with E-state index >= 15 is 0 Å². The summed E-state index contributed by atoms with van der Waals surface area (Å²) in [4.78, 5) is 6.91. The van der Waals surface area contributed by atoms with Crippen LogP contribution in [0.4, 0.5) is 0 Å². The van der Waals surface area contributed by atoms with Crippen molar-refractivity contribution in [2.24, 2.45) is 4.99 Å². The zero-order chi connectivity index (χ0) is 20.6. The number of rotatable bonds is 8. The Labute approximate surface area is 193 Å². The largest absolute Gasteiger partial charge is 0.376 e. The average molecular weight is 547 g/mol. The van der Waals surface area contributed by atoms with E-state index in [0.717, 1.165) is 57.9 Å². The summed E-state index contributed by atoms with van der Waals surface area (Å²) < 4.78 is 37.5. The van der Waals surface area contributed by atoms with E-state index in [-0.39, 0.29) is 36.2 Å². The van der Waals surface area contributed by atoms with Gasteiger partial charge in [-0.1, -0.05) is 0 Å². The minimum Gasteiger partial charge on any atom is -0.376 e. The maximum absolute atomic E-state index is 11.5. The average Bonchev–Trinajstić information content (AvgIpc) is 2.63. The van der Waals surface area contributed by atoms with Gasteiger partial charge in [0.15, 0.2) is 5.96 Å². The highest BCUT2D eigenvalue weighted by molar-refractivity contribution is 14.0. The molecule has 2 aliphatic rings.